The molecule has 1 fully saturated rings. The molecule has 3 aromatic carbocycles. The smallest absolute Gasteiger partial charge is 0.265 e. The summed E-state index contributed by atoms with van der Waals surface area (Å²) in [6.45, 7) is 1.78. The monoisotopic (exact) mass is 481 g/mol. The summed E-state index contributed by atoms with van der Waals surface area (Å²) in [5.41, 5.74) is 7.10. The lowest BCUT2D eigenvalue weighted by Crippen LogP contribution is -2.45. The maximum Gasteiger partial charge on any atom is 0.265 e. The number of amides is 1. The van der Waals surface area contributed by atoms with E-state index in [0.717, 1.165) is 58.2 Å². The Morgan fingerprint density at radius 3 is 2.53 bits per heavy atom. The van der Waals surface area contributed by atoms with Crippen LogP contribution in [0.2, 0.25) is 10.0 Å². The van der Waals surface area contributed by atoms with Crippen LogP contribution in [-0.2, 0) is 0 Å². The van der Waals surface area contributed by atoms with E-state index in [1.54, 1.807) is 17.8 Å². The summed E-state index contributed by atoms with van der Waals surface area (Å²) in [7, 11) is 0. The van der Waals surface area contributed by atoms with Gasteiger partial charge in [0, 0.05) is 39.6 Å². The highest BCUT2D eigenvalue weighted by Crippen LogP contribution is 2.42. The summed E-state index contributed by atoms with van der Waals surface area (Å²) >= 11 is 14.1. The van der Waals surface area contributed by atoms with Gasteiger partial charge in [-0.2, -0.15) is 0 Å². The molecule has 0 bridgehead atoms. The Kier molecular flexibility index (Phi) is 6.24. The zero-order valence-electron chi connectivity index (χ0n) is 17.3. The van der Waals surface area contributed by atoms with Crippen LogP contribution < -0.4 is 5.43 Å². The van der Waals surface area contributed by atoms with Crippen LogP contribution in [0.25, 0.3) is 0 Å². The quantitative estimate of drug-likeness (QED) is 0.351. The minimum atomic E-state index is -0.104. The molecule has 1 saturated heterocycles. The van der Waals surface area contributed by atoms with Gasteiger partial charge in [-0.3, -0.25) is 10.2 Å². The molecule has 0 aliphatic carbocycles. The normalized spacial score (nSPS) is 15.9. The van der Waals surface area contributed by atoms with E-state index < -0.39 is 0 Å². The number of carbonyl (C=O) groups excluding carboxylic acids is 1. The van der Waals surface area contributed by atoms with Crippen LogP contribution in [-0.4, -0.2) is 29.7 Å². The van der Waals surface area contributed by atoms with Crippen molar-refractivity contribution >= 4 is 52.3 Å². The summed E-state index contributed by atoms with van der Waals surface area (Å²) in [4.78, 5) is 20.0. The Labute approximate surface area is 201 Å². The van der Waals surface area contributed by atoms with Gasteiger partial charge in [0.1, 0.15) is 0 Å². The van der Waals surface area contributed by atoms with Gasteiger partial charge in [-0.1, -0.05) is 65.7 Å². The molecule has 2 aliphatic heterocycles. The molecule has 32 heavy (non-hydrogen) atoms. The van der Waals surface area contributed by atoms with Gasteiger partial charge >= 0.3 is 0 Å². The second-order valence-corrected chi connectivity index (χ2v) is 9.76. The van der Waals surface area contributed by atoms with Crippen molar-refractivity contribution in [3.8, 4) is 0 Å². The van der Waals surface area contributed by atoms with E-state index >= 15 is 0 Å². The van der Waals surface area contributed by atoms with Crippen LogP contribution >= 0.6 is 35.0 Å². The van der Waals surface area contributed by atoms with Crippen molar-refractivity contribution in [3.05, 3.63) is 87.4 Å². The van der Waals surface area contributed by atoms with Gasteiger partial charge in [-0.05, 0) is 49.2 Å². The molecule has 5 rings (SSSR count). The van der Waals surface area contributed by atoms with E-state index in [1.807, 2.05) is 47.5 Å². The first-order valence-corrected chi connectivity index (χ1v) is 12.2. The predicted molar refractivity (Wildman–Crippen MR) is 132 cm³/mol. The molecule has 1 N–H and O–H groups in total. The third-order valence-corrected chi connectivity index (χ3v) is 7.50. The number of fused-ring (bicyclic) bond motifs is 2. The average molecular weight is 482 g/mol. The first-order chi connectivity index (χ1) is 15.6. The first-order valence-electron chi connectivity index (χ1n) is 10.6. The van der Waals surface area contributed by atoms with Crippen molar-refractivity contribution < 1.29 is 4.79 Å². The number of aliphatic imine (C=N–C) groups is 1. The second kappa shape index (κ2) is 9.28. The molecule has 1 amide bonds. The summed E-state index contributed by atoms with van der Waals surface area (Å²) < 4.78 is 0. The summed E-state index contributed by atoms with van der Waals surface area (Å²) in [6, 6.07) is 19.4. The zero-order valence-corrected chi connectivity index (χ0v) is 19.6. The second-order valence-electron chi connectivity index (χ2n) is 7.86. The Morgan fingerprint density at radius 2 is 1.72 bits per heavy atom. The molecule has 2 heterocycles. The fourth-order valence-corrected chi connectivity index (χ4v) is 5.26. The molecule has 0 atom stereocenters. The molecule has 0 spiro atoms. The van der Waals surface area contributed by atoms with Gasteiger partial charge in [0.2, 0.25) is 0 Å². The highest BCUT2D eigenvalue weighted by Gasteiger charge is 2.21. The van der Waals surface area contributed by atoms with Crippen LogP contribution in [0, 0.1) is 0 Å². The van der Waals surface area contributed by atoms with Crippen molar-refractivity contribution in [3.63, 3.8) is 0 Å². The maximum atomic E-state index is 12.9. The molecule has 0 saturated carbocycles. The van der Waals surface area contributed by atoms with Crippen LogP contribution in [0.15, 0.2) is 75.4 Å². The average Bonchev–Trinajstić information content (AvgIpc) is 2.98. The van der Waals surface area contributed by atoms with E-state index in [2.05, 4.69) is 17.6 Å². The number of rotatable bonds is 3. The van der Waals surface area contributed by atoms with Gasteiger partial charge in [0.05, 0.1) is 21.4 Å². The minimum absolute atomic E-state index is 0.104. The molecule has 0 radical (unpaired) electrons. The number of hydrogen-bond donors (Lipinski definition) is 1. The first kappa shape index (κ1) is 21.5. The summed E-state index contributed by atoms with van der Waals surface area (Å²) in [5.74, 6) is -0.104. The van der Waals surface area contributed by atoms with Crippen molar-refractivity contribution in [2.75, 3.05) is 13.1 Å². The zero-order chi connectivity index (χ0) is 22.1. The Hall–Kier alpha value is -2.31. The molecular formula is C25H21Cl2N3OS. The van der Waals surface area contributed by atoms with Gasteiger partial charge in [0.25, 0.3) is 5.91 Å². The summed E-state index contributed by atoms with van der Waals surface area (Å²) in [6.07, 6.45) is 3.43. The highest BCUT2D eigenvalue weighted by molar-refractivity contribution is 7.99. The van der Waals surface area contributed by atoms with Gasteiger partial charge < -0.3 is 0 Å². The minimum Gasteiger partial charge on any atom is -0.285 e. The van der Waals surface area contributed by atoms with Crippen molar-refractivity contribution in [1.82, 2.24) is 10.4 Å². The maximum absolute atomic E-state index is 12.9. The number of hydrazine groups is 1. The van der Waals surface area contributed by atoms with E-state index in [1.165, 1.54) is 6.42 Å². The van der Waals surface area contributed by atoms with Crippen LogP contribution in [0.4, 0.5) is 5.69 Å². The predicted octanol–water partition coefficient (Wildman–Crippen LogP) is 6.76. The number of piperidine rings is 1. The van der Waals surface area contributed by atoms with E-state index in [4.69, 9.17) is 28.2 Å². The van der Waals surface area contributed by atoms with Crippen molar-refractivity contribution in [2.45, 2.75) is 29.1 Å². The van der Waals surface area contributed by atoms with Crippen molar-refractivity contribution in [1.29, 1.82) is 0 Å². The Balaban J connectivity index is 1.55. The van der Waals surface area contributed by atoms with E-state index in [-0.39, 0.29) is 5.91 Å². The molecule has 3 aromatic rings. The van der Waals surface area contributed by atoms with Crippen LogP contribution in [0.1, 0.15) is 40.7 Å². The Morgan fingerprint density at radius 1 is 0.906 bits per heavy atom. The molecule has 0 unspecified atom stereocenters. The SMILES string of the molecule is O=C(NN1CCCCC1)c1ccc2c(c1)N=C(c1ccc(Cl)c(Cl)c1)c1ccccc1S2. The van der Waals surface area contributed by atoms with Crippen molar-refractivity contribution in [2.24, 2.45) is 4.99 Å². The number of nitrogens with one attached hydrogen (secondary N) is 1. The topological polar surface area (TPSA) is 44.7 Å². The van der Waals surface area contributed by atoms with E-state index in [9.17, 15) is 4.79 Å². The highest BCUT2D eigenvalue weighted by atomic mass is 35.5. The number of hydrogen-bond acceptors (Lipinski definition) is 4. The lowest BCUT2D eigenvalue weighted by molar-refractivity contribution is 0.0750. The number of benzene rings is 3. The van der Waals surface area contributed by atoms with Gasteiger partial charge in [0.15, 0.2) is 0 Å². The number of nitrogens with zero attached hydrogens (tertiary/aromatic N) is 2. The number of halogens is 2. The summed E-state index contributed by atoms with van der Waals surface area (Å²) in [5, 5.41) is 2.99. The fraction of sp³-hybridized carbons (Fsp3) is 0.200. The molecule has 4 nitrogen and oxygen atoms in total. The molecular weight excluding hydrogens is 461 g/mol. The molecule has 2 aliphatic rings. The lowest BCUT2D eigenvalue weighted by atomic mass is 10.0. The Bertz CT molecular complexity index is 1220. The molecule has 0 aromatic heterocycles. The lowest BCUT2D eigenvalue weighted by Gasteiger charge is -2.26. The molecule has 7 heteroatoms. The third kappa shape index (κ3) is 4.44. The van der Waals surface area contributed by atoms with E-state index in [0.29, 0.717) is 15.6 Å². The fourth-order valence-electron chi connectivity index (χ4n) is 3.96. The van der Waals surface area contributed by atoms with Gasteiger partial charge in [-0.25, -0.2) is 10.0 Å². The van der Waals surface area contributed by atoms with Crippen LogP contribution in [0.5, 0.6) is 0 Å². The number of carbonyl (C=O) groups is 1. The standard InChI is InChI=1S/C25H21Cl2N3OS/c26-19-10-8-16(14-20(19)27)24-18-6-2-3-7-22(18)32-23-11-9-17(15-21(23)28-24)25(31)29-30-12-4-1-5-13-30/h2-3,6-11,14-15H,1,4-5,12-13H2,(H,29,31). The van der Waals surface area contributed by atoms with Gasteiger partial charge in [-0.15, -0.1) is 0 Å². The largest absolute Gasteiger partial charge is 0.285 e. The van der Waals surface area contributed by atoms with Crippen LogP contribution in [0.3, 0.4) is 0 Å². The molecule has 162 valence electrons. The third-order valence-electron chi connectivity index (χ3n) is 5.62.